The molecule has 1 aromatic heterocycles. The van der Waals surface area contributed by atoms with Crippen LogP contribution < -0.4 is 5.73 Å². The molecule has 2 N–H and O–H groups in total. The van der Waals surface area contributed by atoms with Crippen LogP contribution >= 0.6 is 27.5 Å². The highest BCUT2D eigenvalue weighted by molar-refractivity contribution is 9.10. The van der Waals surface area contributed by atoms with Crippen LogP contribution in [0.25, 0.3) is 0 Å². The number of aromatic nitrogens is 1. The van der Waals surface area contributed by atoms with Gasteiger partial charge in [0.25, 0.3) is 0 Å². The van der Waals surface area contributed by atoms with Crippen molar-refractivity contribution >= 4 is 27.5 Å². The van der Waals surface area contributed by atoms with E-state index in [0.717, 1.165) is 21.6 Å². The third kappa shape index (κ3) is 3.04. The van der Waals surface area contributed by atoms with E-state index in [9.17, 15) is 0 Å². The van der Waals surface area contributed by atoms with Gasteiger partial charge in [0, 0.05) is 34.5 Å². The normalized spacial score (nSPS) is 16.6. The number of nitrogens with two attached hydrogens (primary N) is 1. The lowest BCUT2D eigenvalue weighted by atomic mass is 10.1. The van der Waals surface area contributed by atoms with Crippen molar-refractivity contribution in [3.63, 3.8) is 0 Å². The second-order valence-corrected chi connectivity index (χ2v) is 6.54. The third-order valence-electron chi connectivity index (χ3n) is 3.66. The maximum atomic E-state index is 6.24. The van der Waals surface area contributed by atoms with Crippen LogP contribution in [0.15, 0.2) is 41.1 Å². The highest BCUT2D eigenvalue weighted by Crippen LogP contribution is 2.39. The van der Waals surface area contributed by atoms with Crippen LogP contribution in [0, 0.1) is 5.92 Å². The van der Waals surface area contributed by atoms with E-state index in [1.54, 1.807) is 0 Å². The summed E-state index contributed by atoms with van der Waals surface area (Å²) in [5.41, 5.74) is 8.56. The molecule has 4 heteroatoms. The molecule has 2 aromatic rings. The summed E-state index contributed by atoms with van der Waals surface area (Å²) in [7, 11) is 0. The van der Waals surface area contributed by atoms with Crippen molar-refractivity contribution < 1.29 is 0 Å². The summed E-state index contributed by atoms with van der Waals surface area (Å²) in [6, 6.07) is 8.31. The number of halogens is 2. The number of nitrogens with zero attached hydrogens (tertiary/aromatic N) is 1. The van der Waals surface area contributed by atoms with E-state index in [-0.39, 0.29) is 6.04 Å². The second-order valence-electron chi connectivity index (χ2n) is 5.22. The van der Waals surface area contributed by atoms with Crippen molar-refractivity contribution in [3.8, 4) is 0 Å². The number of hydrogen-bond donors (Lipinski definition) is 1. The largest absolute Gasteiger partial charge is 0.350 e. The number of benzene rings is 1. The van der Waals surface area contributed by atoms with Crippen LogP contribution in [0.4, 0.5) is 0 Å². The summed E-state index contributed by atoms with van der Waals surface area (Å²) in [5, 5.41) is 0.788. The molecule has 1 unspecified atom stereocenters. The van der Waals surface area contributed by atoms with E-state index in [4.69, 9.17) is 17.3 Å². The highest BCUT2D eigenvalue weighted by Gasteiger charge is 2.29. The Morgan fingerprint density at radius 3 is 2.84 bits per heavy atom. The molecule has 0 bridgehead atoms. The van der Waals surface area contributed by atoms with Gasteiger partial charge in [-0.2, -0.15) is 0 Å². The minimum atomic E-state index is 0.196. The SMILES string of the molecule is NC(c1ccn(Cc2ccc(Br)cc2Cl)c1)C1CC1. The van der Waals surface area contributed by atoms with Gasteiger partial charge in [-0.15, -0.1) is 0 Å². The van der Waals surface area contributed by atoms with Crippen molar-refractivity contribution in [1.82, 2.24) is 4.57 Å². The van der Waals surface area contributed by atoms with Gasteiger partial charge in [-0.1, -0.05) is 33.6 Å². The Morgan fingerprint density at radius 1 is 1.37 bits per heavy atom. The Morgan fingerprint density at radius 2 is 2.16 bits per heavy atom. The molecule has 0 saturated heterocycles. The van der Waals surface area contributed by atoms with Gasteiger partial charge in [0.05, 0.1) is 0 Å². The molecule has 0 radical (unpaired) electrons. The van der Waals surface area contributed by atoms with Crippen molar-refractivity contribution in [2.24, 2.45) is 11.7 Å². The van der Waals surface area contributed by atoms with Gasteiger partial charge in [-0.05, 0) is 48.1 Å². The molecular formula is C15H16BrClN2. The van der Waals surface area contributed by atoms with E-state index >= 15 is 0 Å². The Labute approximate surface area is 126 Å². The quantitative estimate of drug-likeness (QED) is 0.881. The first kappa shape index (κ1) is 13.2. The van der Waals surface area contributed by atoms with Gasteiger partial charge in [0.2, 0.25) is 0 Å². The number of hydrogen-bond acceptors (Lipinski definition) is 1. The van der Waals surface area contributed by atoms with Crippen LogP contribution in [0.2, 0.25) is 5.02 Å². The molecule has 1 aliphatic carbocycles. The molecule has 0 spiro atoms. The van der Waals surface area contributed by atoms with Crippen molar-refractivity contribution in [2.45, 2.75) is 25.4 Å². The summed E-state index contributed by atoms with van der Waals surface area (Å²) in [6.45, 7) is 0.781. The van der Waals surface area contributed by atoms with E-state index in [0.29, 0.717) is 5.92 Å². The van der Waals surface area contributed by atoms with Gasteiger partial charge < -0.3 is 10.3 Å². The zero-order valence-electron chi connectivity index (χ0n) is 10.5. The van der Waals surface area contributed by atoms with Crippen LogP contribution in [0.1, 0.15) is 30.0 Å². The maximum absolute atomic E-state index is 6.24. The fourth-order valence-electron chi connectivity index (χ4n) is 2.33. The van der Waals surface area contributed by atoms with Crippen molar-refractivity contribution in [1.29, 1.82) is 0 Å². The predicted molar refractivity (Wildman–Crippen MR) is 82.3 cm³/mol. The monoisotopic (exact) mass is 338 g/mol. The first-order valence-electron chi connectivity index (χ1n) is 6.48. The molecule has 2 nitrogen and oxygen atoms in total. The van der Waals surface area contributed by atoms with Gasteiger partial charge in [-0.3, -0.25) is 0 Å². The summed E-state index contributed by atoms with van der Waals surface area (Å²) in [4.78, 5) is 0. The highest BCUT2D eigenvalue weighted by atomic mass is 79.9. The fraction of sp³-hybridized carbons (Fsp3) is 0.333. The average Bonchev–Trinajstić information content (AvgIpc) is 3.12. The van der Waals surface area contributed by atoms with Crippen LogP contribution in [0.5, 0.6) is 0 Å². The fourth-order valence-corrected chi connectivity index (χ4v) is 3.06. The Hall–Kier alpha value is -0.770. The molecule has 19 heavy (non-hydrogen) atoms. The first-order chi connectivity index (χ1) is 9.13. The van der Waals surface area contributed by atoms with Crippen molar-refractivity contribution in [2.75, 3.05) is 0 Å². The lowest BCUT2D eigenvalue weighted by Crippen LogP contribution is -2.11. The molecule has 1 aliphatic rings. The lowest BCUT2D eigenvalue weighted by molar-refractivity contribution is 0.631. The average molecular weight is 340 g/mol. The zero-order valence-corrected chi connectivity index (χ0v) is 12.9. The minimum absolute atomic E-state index is 0.196. The zero-order chi connectivity index (χ0) is 13.4. The Balaban J connectivity index is 1.76. The van der Waals surface area contributed by atoms with Crippen LogP contribution in [-0.2, 0) is 6.54 Å². The third-order valence-corrected chi connectivity index (χ3v) is 4.50. The number of rotatable bonds is 4. The van der Waals surface area contributed by atoms with E-state index in [1.807, 2.05) is 18.2 Å². The second kappa shape index (κ2) is 5.31. The molecule has 1 aromatic carbocycles. The lowest BCUT2D eigenvalue weighted by Gasteiger charge is -2.08. The Bertz CT molecular complexity index is 590. The van der Waals surface area contributed by atoms with Crippen LogP contribution in [-0.4, -0.2) is 4.57 Å². The molecule has 1 fully saturated rings. The predicted octanol–water partition coefficient (Wildman–Crippen LogP) is 4.36. The topological polar surface area (TPSA) is 30.9 Å². The van der Waals surface area contributed by atoms with E-state index in [2.05, 4.69) is 39.0 Å². The van der Waals surface area contributed by atoms with Gasteiger partial charge in [0.15, 0.2) is 0 Å². The van der Waals surface area contributed by atoms with E-state index < -0.39 is 0 Å². The molecule has 1 atom stereocenters. The molecule has 100 valence electrons. The molecule has 1 heterocycles. The van der Waals surface area contributed by atoms with E-state index in [1.165, 1.54) is 18.4 Å². The van der Waals surface area contributed by atoms with Crippen molar-refractivity contribution in [3.05, 3.63) is 57.3 Å². The summed E-state index contributed by atoms with van der Waals surface area (Å²) in [5.74, 6) is 0.687. The summed E-state index contributed by atoms with van der Waals surface area (Å²) < 4.78 is 3.15. The van der Waals surface area contributed by atoms with Gasteiger partial charge in [-0.25, -0.2) is 0 Å². The first-order valence-corrected chi connectivity index (χ1v) is 7.66. The smallest absolute Gasteiger partial charge is 0.0485 e. The maximum Gasteiger partial charge on any atom is 0.0485 e. The molecule has 0 aliphatic heterocycles. The van der Waals surface area contributed by atoms with Gasteiger partial charge in [0.1, 0.15) is 0 Å². The Kier molecular flexibility index (Phi) is 3.70. The minimum Gasteiger partial charge on any atom is -0.350 e. The standard InChI is InChI=1S/C15H16BrClN2/c16-13-4-3-11(14(17)7-13)8-19-6-5-12(9-19)15(18)10-1-2-10/h3-7,9-10,15H,1-2,8,18H2. The molecule has 0 amide bonds. The molecular weight excluding hydrogens is 324 g/mol. The van der Waals surface area contributed by atoms with Crippen LogP contribution in [0.3, 0.4) is 0 Å². The molecule has 1 saturated carbocycles. The summed E-state index contributed by atoms with van der Waals surface area (Å²) in [6.07, 6.45) is 6.76. The molecule has 3 rings (SSSR count). The summed E-state index contributed by atoms with van der Waals surface area (Å²) >= 11 is 9.66. The van der Waals surface area contributed by atoms with Gasteiger partial charge >= 0.3 is 0 Å².